The Morgan fingerprint density at radius 3 is 2.79 bits per heavy atom. The highest BCUT2D eigenvalue weighted by Crippen LogP contribution is 2.25. The molecule has 4 heteroatoms. The van der Waals surface area contributed by atoms with Crippen molar-refractivity contribution in [2.45, 2.75) is 32.7 Å². The molecule has 1 amide bonds. The standard InChI is InChI=1S/C15H21BrN2O/c1-3-18(13-6-7-13)9-8-17-15(19)12-5-4-11(2)14(16)10-12/h4-5,10,13H,3,6-9H2,1-2H3,(H,17,19). The van der Waals surface area contributed by atoms with Crippen molar-refractivity contribution in [1.82, 2.24) is 10.2 Å². The molecule has 0 heterocycles. The van der Waals surface area contributed by atoms with Crippen molar-refractivity contribution in [3.05, 3.63) is 33.8 Å². The highest BCUT2D eigenvalue weighted by molar-refractivity contribution is 9.10. The fourth-order valence-electron chi connectivity index (χ4n) is 2.19. The van der Waals surface area contributed by atoms with Crippen molar-refractivity contribution >= 4 is 21.8 Å². The van der Waals surface area contributed by atoms with Crippen LogP contribution in [0.5, 0.6) is 0 Å². The lowest BCUT2D eigenvalue weighted by Gasteiger charge is -2.19. The predicted octanol–water partition coefficient (Wildman–Crippen LogP) is 2.97. The van der Waals surface area contributed by atoms with Crippen molar-refractivity contribution < 1.29 is 4.79 Å². The number of benzene rings is 1. The van der Waals surface area contributed by atoms with E-state index in [9.17, 15) is 4.79 Å². The van der Waals surface area contributed by atoms with Gasteiger partial charge in [-0.25, -0.2) is 0 Å². The van der Waals surface area contributed by atoms with Crippen molar-refractivity contribution in [2.24, 2.45) is 0 Å². The van der Waals surface area contributed by atoms with Gasteiger partial charge in [-0.3, -0.25) is 9.69 Å². The number of rotatable bonds is 6. The lowest BCUT2D eigenvalue weighted by Crippen LogP contribution is -2.36. The number of hydrogen-bond acceptors (Lipinski definition) is 2. The van der Waals surface area contributed by atoms with Crippen molar-refractivity contribution in [1.29, 1.82) is 0 Å². The zero-order valence-corrected chi connectivity index (χ0v) is 13.2. The van der Waals surface area contributed by atoms with Gasteiger partial charge in [-0.1, -0.05) is 28.9 Å². The van der Waals surface area contributed by atoms with E-state index in [1.165, 1.54) is 12.8 Å². The summed E-state index contributed by atoms with van der Waals surface area (Å²) in [6.45, 7) is 6.92. The first-order chi connectivity index (χ1) is 9.11. The van der Waals surface area contributed by atoms with Crippen LogP contribution in [-0.2, 0) is 0 Å². The fraction of sp³-hybridized carbons (Fsp3) is 0.533. The molecular formula is C15H21BrN2O. The van der Waals surface area contributed by atoms with E-state index in [0.717, 1.165) is 29.2 Å². The third-order valence-corrected chi connectivity index (χ3v) is 4.44. The first kappa shape index (κ1) is 14.5. The molecule has 1 aromatic carbocycles. The molecule has 0 radical (unpaired) electrons. The summed E-state index contributed by atoms with van der Waals surface area (Å²) in [6, 6.07) is 6.47. The maximum absolute atomic E-state index is 12.0. The molecule has 19 heavy (non-hydrogen) atoms. The second kappa shape index (κ2) is 6.53. The Morgan fingerprint density at radius 2 is 2.21 bits per heavy atom. The minimum Gasteiger partial charge on any atom is -0.351 e. The van der Waals surface area contributed by atoms with Gasteiger partial charge in [0.05, 0.1) is 0 Å². The van der Waals surface area contributed by atoms with Gasteiger partial charge in [-0.2, -0.15) is 0 Å². The van der Waals surface area contributed by atoms with E-state index in [0.29, 0.717) is 12.1 Å². The van der Waals surface area contributed by atoms with E-state index >= 15 is 0 Å². The molecule has 0 aromatic heterocycles. The number of hydrogen-bond donors (Lipinski definition) is 1. The van der Waals surface area contributed by atoms with E-state index in [2.05, 4.69) is 33.1 Å². The zero-order chi connectivity index (χ0) is 13.8. The number of aryl methyl sites for hydroxylation is 1. The summed E-state index contributed by atoms with van der Waals surface area (Å²) in [5, 5.41) is 2.99. The summed E-state index contributed by atoms with van der Waals surface area (Å²) >= 11 is 3.46. The van der Waals surface area contributed by atoms with Gasteiger partial charge in [-0.15, -0.1) is 0 Å². The molecule has 0 spiro atoms. The SMILES string of the molecule is CCN(CCNC(=O)c1ccc(C)c(Br)c1)C1CC1. The quantitative estimate of drug-likeness (QED) is 0.872. The Kier molecular flexibility index (Phi) is 4.99. The lowest BCUT2D eigenvalue weighted by molar-refractivity contribution is 0.0948. The molecule has 1 aliphatic carbocycles. The number of amides is 1. The predicted molar refractivity (Wildman–Crippen MR) is 81.5 cm³/mol. The van der Waals surface area contributed by atoms with E-state index in [-0.39, 0.29) is 5.91 Å². The second-order valence-corrected chi connectivity index (χ2v) is 5.93. The highest BCUT2D eigenvalue weighted by atomic mass is 79.9. The molecule has 1 aliphatic rings. The summed E-state index contributed by atoms with van der Waals surface area (Å²) in [7, 11) is 0. The van der Waals surface area contributed by atoms with Gasteiger partial charge < -0.3 is 5.32 Å². The molecular weight excluding hydrogens is 304 g/mol. The lowest BCUT2D eigenvalue weighted by atomic mass is 10.1. The molecule has 2 rings (SSSR count). The number of nitrogens with one attached hydrogen (secondary N) is 1. The highest BCUT2D eigenvalue weighted by Gasteiger charge is 2.27. The van der Waals surface area contributed by atoms with Gasteiger partial charge in [0.2, 0.25) is 0 Å². The van der Waals surface area contributed by atoms with Crippen LogP contribution < -0.4 is 5.32 Å². The largest absolute Gasteiger partial charge is 0.351 e. The molecule has 0 bridgehead atoms. The van der Waals surface area contributed by atoms with Crippen LogP contribution >= 0.6 is 15.9 Å². The number of likely N-dealkylation sites (N-methyl/N-ethyl adjacent to an activating group) is 1. The van der Waals surface area contributed by atoms with Crippen LogP contribution in [0, 0.1) is 6.92 Å². The Morgan fingerprint density at radius 1 is 1.47 bits per heavy atom. The average molecular weight is 325 g/mol. The summed E-state index contributed by atoms with van der Waals surface area (Å²) in [6.07, 6.45) is 2.62. The summed E-state index contributed by atoms with van der Waals surface area (Å²) in [4.78, 5) is 14.4. The molecule has 0 atom stereocenters. The summed E-state index contributed by atoms with van der Waals surface area (Å²) < 4.78 is 0.980. The molecule has 0 unspecified atom stereocenters. The first-order valence-corrected chi connectivity index (χ1v) is 7.69. The van der Waals surface area contributed by atoms with E-state index in [4.69, 9.17) is 0 Å². The Balaban J connectivity index is 1.81. The second-order valence-electron chi connectivity index (χ2n) is 5.08. The number of nitrogens with zero attached hydrogens (tertiary/aromatic N) is 1. The fourth-order valence-corrected chi connectivity index (χ4v) is 2.57. The Hall–Kier alpha value is -0.870. The molecule has 1 saturated carbocycles. The van der Waals surface area contributed by atoms with E-state index < -0.39 is 0 Å². The van der Waals surface area contributed by atoms with Gasteiger partial charge in [0.25, 0.3) is 5.91 Å². The van der Waals surface area contributed by atoms with Gasteiger partial charge in [0, 0.05) is 29.2 Å². The Bertz CT molecular complexity index is 457. The van der Waals surface area contributed by atoms with Crippen molar-refractivity contribution in [2.75, 3.05) is 19.6 Å². The topological polar surface area (TPSA) is 32.3 Å². The minimum atomic E-state index is 0.00699. The normalized spacial score (nSPS) is 14.7. The van der Waals surface area contributed by atoms with Crippen molar-refractivity contribution in [3.63, 3.8) is 0 Å². The van der Waals surface area contributed by atoms with E-state index in [1.54, 1.807) is 0 Å². The van der Waals surface area contributed by atoms with Crippen molar-refractivity contribution in [3.8, 4) is 0 Å². The maximum atomic E-state index is 12.0. The average Bonchev–Trinajstić information content (AvgIpc) is 3.22. The third kappa shape index (κ3) is 4.05. The molecule has 1 N–H and O–H groups in total. The first-order valence-electron chi connectivity index (χ1n) is 6.90. The van der Waals surface area contributed by atoms with Crippen LogP contribution in [0.4, 0.5) is 0 Å². The van der Waals surface area contributed by atoms with E-state index in [1.807, 2.05) is 25.1 Å². The van der Waals surface area contributed by atoms with Gasteiger partial charge in [0.1, 0.15) is 0 Å². The minimum absolute atomic E-state index is 0.00699. The smallest absolute Gasteiger partial charge is 0.251 e. The van der Waals surface area contributed by atoms with Gasteiger partial charge in [0.15, 0.2) is 0 Å². The molecule has 0 saturated heterocycles. The molecule has 3 nitrogen and oxygen atoms in total. The molecule has 1 aromatic rings. The number of carbonyl (C=O) groups excluding carboxylic acids is 1. The van der Waals surface area contributed by atoms with Gasteiger partial charge >= 0.3 is 0 Å². The number of halogens is 1. The van der Waals surface area contributed by atoms with Crippen LogP contribution in [0.25, 0.3) is 0 Å². The molecule has 1 fully saturated rings. The monoisotopic (exact) mass is 324 g/mol. The van der Waals surface area contributed by atoms with Crippen LogP contribution in [0.2, 0.25) is 0 Å². The van der Waals surface area contributed by atoms with Crippen LogP contribution in [0.1, 0.15) is 35.7 Å². The van der Waals surface area contributed by atoms with Crippen LogP contribution in [0.15, 0.2) is 22.7 Å². The van der Waals surface area contributed by atoms with Crippen LogP contribution in [-0.4, -0.2) is 36.5 Å². The number of carbonyl (C=O) groups is 1. The summed E-state index contributed by atoms with van der Waals surface area (Å²) in [5.41, 5.74) is 1.86. The third-order valence-electron chi connectivity index (χ3n) is 3.59. The molecule has 104 valence electrons. The zero-order valence-electron chi connectivity index (χ0n) is 11.6. The maximum Gasteiger partial charge on any atom is 0.251 e. The molecule has 0 aliphatic heterocycles. The van der Waals surface area contributed by atoms with Gasteiger partial charge in [-0.05, 0) is 44.0 Å². The summed E-state index contributed by atoms with van der Waals surface area (Å²) in [5.74, 6) is 0.00699. The Labute approximate surface area is 123 Å². The van der Waals surface area contributed by atoms with Crippen LogP contribution in [0.3, 0.4) is 0 Å².